The first-order valence-corrected chi connectivity index (χ1v) is 15.0. The minimum absolute atomic E-state index is 0.146. The Morgan fingerprint density at radius 3 is 1.46 bits per heavy atom. The number of hydrogen-bond acceptors (Lipinski definition) is 1. The number of benzene rings is 2. The molecule has 214 valence electrons. The molecule has 0 heterocycles. The Morgan fingerprint density at radius 2 is 1.05 bits per heavy atom. The number of rotatable bonds is 14. The van der Waals surface area contributed by atoms with E-state index in [0.29, 0.717) is 11.8 Å². The zero-order valence-electron chi connectivity index (χ0n) is 26.5. The molecule has 1 nitrogen and oxygen atoms in total. The lowest BCUT2D eigenvalue weighted by Crippen LogP contribution is -2.30. The monoisotopic (exact) mass is 527 g/mol. The van der Waals surface area contributed by atoms with Gasteiger partial charge >= 0.3 is 0 Å². The van der Waals surface area contributed by atoms with Crippen LogP contribution in [0.4, 0.5) is 0 Å². The summed E-state index contributed by atoms with van der Waals surface area (Å²) >= 11 is 0. The molecule has 0 aromatic heterocycles. The molecule has 2 N–H and O–H groups in total. The molecular weight excluding hydrogens is 470 g/mol. The standard InChI is InChI=1S/C38H57N/c1-27(29(3)23-32-15-17-33(18-16-32)24-30(4)37(6,7)8)13-12-14-28(2)36(39)26-35-21-19-34(20-22-35)25-31(5)38(9,10)11/h15-22,28-29,36H,1,4-5,12-14,23-26,39H2,2-3,6-11H3. The van der Waals surface area contributed by atoms with Gasteiger partial charge in [0.1, 0.15) is 0 Å². The van der Waals surface area contributed by atoms with Crippen molar-refractivity contribution < 1.29 is 0 Å². The summed E-state index contributed by atoms with van der Waals surface area (Å²) in [5.74, 6) is 0.973. The Bertz CT molecular complexity index is 1070. The van der Waals surface area contributed by atoms with Gasteiger partial charge in [0.05, 0.1) is 0 Å². The van der Waals surface area contributed by atoms with Crippen LogP contribution in [-0.2, 0) is 25.7 Å². The second kappa shape index (κ2) is 14.3. The van der Waals surface area contributed by atoms with E-state index in [4.69, 9.17) is 5.73 Å². The van der Waals surface area contributed by atoms with Crippen LogP contribution in [0, 0.1) is 22.7 Å². The van der Waals surface area contributed by atoms with E-state index in [1.807, 2.05) is 0 Å². The average Bonchev–Trinajstić information content (AvgIpc) is 2.84. The highest BCUT2D eigenvalue weighted by Crippen LogP contribution is 2.28. The maximum absolute atomic E-state index is 6.63. The van der Waals surface area contributed by atoms with Crippen LogP contribution in [0.15, 0.2) is 85.0 Å². The van der Waals surface area contributed by atoms with Gasteiger partial charge < -0.3 is 5.73 Å². The van der Waals surface area contributed by atoms with Gasteiger partial charge in [0.25, 0.3) is 0 Å². The highest BCUT2D eigenvalue weighted by atomic mass is 14.6. The fourth-order valence-corrected chi connectivity index (χ4v) is 4.69. The number of allylic oxidation sites excluding steroid dienone is 3. The molecule has 2 rings (SSSR count). The summed E-state index contributed by atoms with van der Waals surface area (Å²) in [6.45, 7) is 31.0. The van der Waals surface area contributed by atoms with Crippen LogP contribution >= 0.6 is 0 Å². The van der Waals surface area contributed by atoms with Crippen LogP contribution in [0.2, 0.25) is 0 Å². The zero-order chi connectivity index (χ0) is 29.4. The minimum atomic E-state index is 0.146. The largest absolute Gasteiger partial charge is 0.327 e. The first-order chi connectivity index (χ1) is 18.1. The third kappa shape index (κ3) is 11.3. The van der Waals surface area contributed by atoms with Crippen LogP contribution in [0.3, 0.4) is 0 Å². The molecule has 3 unspecified atom stereocenters. The summed E-state index contributed by atoms with van der Waals surface area (Å²) in [7, 11) is 0. The predicted octanol–water partition coefficient (Wildman–Crippen LogP) is 10.1. The van der Waals surface area contributed by atoms with Gasteiger partial charge in [-0.15, -0.1) is 0 Å². The molecule has 0 saturated heterocycles. The van der Waals surface area contributed by atoms with Gasteiger partial charge in [0, 0.05) is 6.04 Å². The topological polar surface area (TPSA) is 26.0 Å². The van der Waals surface area contributed by atoms with Gasteiger partial charge in [-0.3, -0.25) is 0 Å². The highest BCUT2D eigenvalue weighted by molar-refractivity contribution is 5.29. The quantitative estimate of drug-likeness (QED) is 0.243. The van der Waals surface area contributed by atoms with E-state index in [0.717, 1.165) is 44.9 Å². The molecular formula is C38H57N. The van der Waals surface area contributed by atoms with Crippen molar-refractivity contribution in [1.29, 1.82) is 0 Å². The predicted molar refractivity (Wildman–Crippen MR) is 174 cm³/mol. The van der Waals surface area contributed by atoms with Crippen molar-refractivity contribution in [2.24, 2.45) is 28.4 Å². The molecule has 0 radical (unpaired) electrons. The maximum Gasteiger partial charge on any atom is 0.0105 e. The lowest BCUT2D eigenvalue weighted by molar-refractivity contribution is 0.409. The molecule has 1 heteroatoms. The molecule has 3 atom stereocenters. The molecule has 0 aliphatic carbocycles. The third-order valence-corrected chi connectivity index (χ3v) is 8.60. The summed E-state index contributed by atoms with van der Waals surface area (Å²) in [5.41, 5.74) is 16.2. The van der Waals surface area contributed by atoms with Crippen molar-refractivity contribution in [3.05, 3.63) is 107 Å². The van der Waals surface area contributed by atoms with Crippen molar-refractivity contribution in [3.8, 4) is 0 Å². The fraction of sp³-hybridized carbons (Fsp3) is 0.526. The maximum atomic E-state index is 6.63. The van der Waals surface area contributed by atoms with Crippen LogP contribution < -0.4 is 5.73 Å². The summed E-state index contributed by atoms with van der Waals surface area (Å²) in [6.07, 6.45) is 7.24. The van der Waals surface area contributed by atoms with E-state index in [9.17, 15) is 0 Å². The van der Waals surface area contributed by atoms with E-state index < -0.39 is 0 Å². The first-order valence-electron chi connectivity index (χ1n) is 15.0. The molecule has 0 saturated carbocycles. The molecule has 0 amide bonds. The van der Waals surface area contributed by atoms with Crippen molar-refractivity contribution in [1.82, 2.24) is 0 Å². The SMILES string of the molecule is C=C(CCCC(C)C(N)Cc1ccc(CC(=C)C(C)(C)C)cc1)C(C)Cc1ccc(CC(=C)C(C)(C)C)cc1. The van der Waals surface area contributed by atoms with E-state index in [1.54, 1.807) is 0 Å². The second-order valence-corrected chi connectivity index (χ2v) is 14.2. The van der Waals surface area contributed by atoms with Crippen molar-refractivity contribution in [2.45, 2.75) is 106 Å². The highest BCUT2D eigenvalue weighted by Gasteiger charge is 2.17. The Labute approximate surface area is 241 Å². The Balaban J connectivity index is 1.75. The van der Waals surface area contributed by atoms with Gasteiger partial charge in [-0.05, 0) is 89.9 Å². The van der Waals surface area contributed by atoms with Crippen molar-refractivity contribution in [3.63, 3.8) is 0 Å². The van der Waals surface area contributed by atoms with Gasteiger partial charge in [-0.2, -0.15) is 0 Å². The van der Waals surface area contributed by atoms with Crippen LogP contribution in [0.5, 0.6) is 0 Å². The van der Waals surface area contributed by atoms with E-state index in [-0.39, 0.29) is 16.9 Å². The van der Waals surface area contributed by atoms with Gasteiger partial charge in [0.15, 0.2) is 0 Å². The smallest absolute Gasteiger partial charge is 0.0105 e. The lowest BCUT2D eigenvalue weighted by atomic mass is 9.83. The molecule has 0 fully saturated rings. The minimum Gasteiger partial charge on any atom is -0.327 e. The zero-order valence-corrected chi connectivity index (χ0v) is 26.5. The summed E-state index contributed by atoms with van der Waals surface area (Å²) < 4.78 is 0. The Morgan fingerprint density at radius 1 is 0.667 bits per heavy atom. The average molecular weight is 528 g/mol. The molecule has 0 aliphatic heterocycles. The Kier molecular flexibility index (Phi) is 12.0. The summed E-state index contributed by atoms with van der Waals surface area (Å²) in [4.78, 5) is 0. The lowest BCUT2D eigenvalue weighted by Gasteiger charge is -2.23. The summed E-state index contributed by atoms with van der Waals surface area (Å²) in [6, 6.07) is 18.2. The van der Waals surface area contributed by atoms with Gasteiger partial charge in [-0.1, -0.05) is 140 Å². The van der Waals surface area contributed by atoms with Crippen molar-refractivity contribution >= 4 is 0 Å². The summed E-state index contributed by atoms with van der Waals surface area (Å²) in [5, 5.41) is 0. The van der Waals surface area contributed by atoms with Crippen molar-refractivity contribution in [2.75, 3.05) is 0 Å². The third-order valence-electron chi connectivity index (χ3n) is 8.60. The van der Waals surface area contributed by atoms with Crippen LogP contribution in [0.25, 0.3) is 0 Å². The number of hydrogen-bond donors (Lipinski definition) is 1. The molecule has 2 aromatic carbocycles. The molecule has 0 aliphatic rings. The fourth-order valence-electron chi connectivity index (χ4n) is 4.69. The number of nitrogens with two attached hydrogens (primary N) is 1. The van der Waals surface area contributed by atoms with Crippen LogP contribution in [-0.4, -0.2) is 6.04 Å². The second-order valence-electron chi connectivity index (χ2n) is 14.2. The van der Waals surface area contributed by atoms with Crippen LogP contribution in [0.1, 0.15) is 96.9 Å². The van der Waals surface area contributed by atoms with Gasteiger partial charge in [-0.25, -0.2) is 0 Å². The first kappa shape index (κ1) is 32.8. The molecule has 39 heavy (non-hydrogen) atoms. The molecule has 0 bridgehead atoms. The molecule has 0 spiro atoms. The van der Waals surface area contributed by atoms with Gasteiger partial charge in [0.2, 0.25) is 0 Å². The molecule has 2 aromatic rings. The van der Waals surface area contributed by atoms with E-state index >= 15 is 0 Å². The van der Waals surface area contributed by atoms with E-state index in [1.165, 1.54) is 39.0 Å². The Hall–Kier alpha value is -2.38. The normalized spacial score (nSPS) is 14.5. The van der Waals surface area contributed by atoms with E-state index in [2.05, 4.69) is 124 Å².